The third-order valence-corrected chi connectivity index (χ3v) is 6.80. The topological polar surface area (TPSA) is 85.2 Å². The van der Waals surface area contributed by atoms with E-state index in [0.29, 0.717) is 30.7 Å². The van der Waals surface area contributed by atoms with E-state index < -0.39 is 15.4 Å². The molecular formula is C21H25NO5S. The number of hydrogen-bond donors (Lipinski definition) is 1. The van der Waals surface area contributed by atoms with Crippen LogP contribution < -0.4 is 0 Å². The van der Waals surface area contributed by atoms with Crippen LogP contribution in [0, 0.1) is 0 Å². The zero-order valence-electron chi connectivity index (χ0n) is 16.3. The van der Waals surface area contributed by atoms with Crippen LogP contribution in [0.1, 0.15) is 37.8 Å². The maximum Gasteiger partial charge on any atom is 0.206 e. The third kappa shape index (κ3) is 4.11. The van der Waals surface area contributed by atoms with Crippen molar-refractivity contribution in [1.29, 1.82) is 0 Å². The van der Waals surface area contributed by atoms with Gasteiger partial charge in [-0.15, -0.1) is 0 Å². The maximum absolute atomic E-state index is 13.1. The van der Waals surface area contributed by atoms with Gasteiger partial charge >= 0.3 is 0 Å². The maximum atomic E-state index is 13.1. The normalized spacial score (nSPS) is 23.4. The van der Waals surface area contributed by atoms with Gasteiger partial charge in [0, 0.05) is 12.8 Å². The van der Waals surface area contributed by atoms with Crippen LogP contribution >= 0.6 is 0 Å². The lowest BCUT2D eigenvalue weighted by Gasteiger charge is -2.36. The Morgan fingerprint density at radius 3 is 2.57 bits per heavy atom. The molecule has 0 aliphatic carbocycles. The van der Waals surface area contributed by atoms with Gasteiger partial charge < -0.3 is 14.7 Å². The van der Waals surface area contributed by atoms with Gasteiger partial charge in [-0.3, -0.25) is 0 Å². The number of benzene rings is 2. The molecular weight excluding hydrogens is 378 g/mol. The van der Waals surface area contributed by atoms with E-state index in [0.717, 1.165) is 5.56 Å². The molecule has 0 bridgehead atoms. The standard InChI is InChI=1S/C21H25NO5S/c1-15-14-21(23,11-12-27-15)18-5-4-6-20(13-18)28(24,25)19-9-7-17(8-10-19)16(2)22-26-3/h4-10,13,15,23H,11-12,14H2,1-3H3/t15?,21-/m0/s1. The van der Waals surface area contributed by atoms with E-state index in [1.54, 1.807) is 55.5 Å². The minimum Gasteiger partial charge on any atom is -0.399 e. The van der Waals surface area contributed by atoms with E-state index in [-0.39, 0.29) is 15.9 Å². The van der Waals surface area contributed by atoms with Crippen LogP contribution in [0.25, 0.3) is 0 Å². The molecule has 2 aromatic rings. The molecule has 7 heteroatoms. The van der Waals surface area contributed by atoms with Gasteiger partial charge in [0.1, 0.15) is 7.11 Å². The van der Waals surface area contributed by atoms with Gasteiger partial charge in [-0.1, -0.05) is 29.4 Å². The first-order valence-corrected chi connectivity index (χ1v) is 10.6. The summed E-state index contributed by atoms with van der Waals surface area (Å²) >= 11 is 0. The van der Waals surface area contributed by atoms with Gasteiger partial charge in [0.25, 0.3) is 0 Å². The van der Waals surface area contributed by atoms with Crippen molar-refractivity contribution in [2.45, 2.75) is 48.2 Å². The van der Waals surface area contributed by atoms with Gasteiger partial charge in [-0.25, -0.2) is 8.42 Å². The molecule has 2 aromatic carbocycles. The number of oxime groups is 1. The summed E-state index contributed by atoms with van der Waals surface area (Å²) in [5.41, 5.74) is 0.952. The quantitative estimate of drug-likeness (QED) is 0.612. The van der Waals surface area contributed by atoms with Crippen molar-refractivity contribution in [3.05, 3.63) is 59.7 Å². The first kappa shape index (κ1) is 20.5. The highest BCUT2D eigenvalue weighted by Gasteiger charge is 2.35. The van der Waals surface area contributed by atoms with Crippen LogP contribution in [0.2, 0.25) is 0 Å². The highest BCUT2D eigenvalue weighted by atomic mass is 32.2. The molecule has 0 aromatic heterocycles. The second-order valence-electron chi connectivity index (χ2n) is 7.08. The molecule has 0 radical (unpaired) electrons. The van der Waals surface area contributed by atoms with E-state index in [9.17, 15) is 13.5 Å². The second-order valence-corrected chi connectivity index (χ2v) is 9.03. The van der Waals surface area contributed by atoms with Crippen molar-refractivity contribution in [2.24, 2.45) is 5.16 Å². The van der Waals surface area contributed by atoms with E-state index in [1.807, 2.05) is 6.92 Å². The fourth-order valence-corrected chi connectivity index (χ4v) is 4.79. The largest absolute Gasteiger partial charge is 0.399 e. The Balaban J connectivity index is 1.93. The van der Waals surface area contributed by atoms with Crippen LogP contribution in [0.3, 0.4) is 0 Å². The van der Waals surface area contributed by atoms with Crippen molar-refractivity contribution in [3.8, 4) is 0 Å². The molecule has 3 rings (SSSR count). The van der Waals surface area contributed by atoms with Gasteiger partial charge in [-0.2, -0.15) is 0 Å². The fraction of sp³-hybridized carbons (Fsp3) is 0.381. The smallest absolute Gasteiger partial charge is 0.206 e. The molecule has 1 aliphatic rings. The Hall–Kier alpha value is -2.22. The third-order valence-electron chi connectivity index (χ3n) is 5.04. The molecule has 1 fully saturated rings. The number of aliphatic hydroxyl groups is 1. The van der Waals surface area contributed by atoms with Crippen LogP contribution in [0.15, 0.2) is 63.5 Å². The number of sulfone groups is 1. The summed E-state index contributed by atoms with van der Waals surface area (Å²) in [6.07, 6.45) is 0.792. The fourth-order valence-electron chi connectivity index (χ4n) is 3.48. The molecule has 0 spiro atoms. The molecule has 1 aliphatic heterocycles. The molecule has 0 saturated carbocycles. The Morgan fingerprint density at radius 1 is 1.21 bits per heavy atom. The van der Waals surface area contributed by atoms with E-state index in [1.165, 1.54) is 7.11 Å². The van der Waals surface area contributed by atoms with Gasteiger partial charge in [-0.05, 0) is 49.2 Å². The summed E-state index contributed by atoms with van der Waals surface area (Å²) in [5, 5.41) is 14.9. The van der Waals surface area contributed by atoms with Gasteiger partial charge in [0.15, 0.2) is 0 Å². The summed E-state index contributed by atoms with van der Waals surface area (Å²) in [6, 6.07) is 13.1. The minimum atomic E-state index is -3.71. The molecule has 6 nitrogen and oxygen atoms in total. The Bertz CT molecular complexity index is 969. The molecule has 0 amide bonds. The first-order valence-electron chi connectivity index (χ1n) is 9.14. The average molecular weight is 404 g/mol. The van der Waals surface area contributed by atoms with E-state index in [2.05, 4.69) is 5.16 Å². The lowest BCUT2D eigenvalue weighted by Crippen LogP contribution is -2.37. The molecule has 150 valence electrons. The molecule has 2 atom stereocenters. The second kappa shape index (κ2) is 8.03. The van der Waals surface area contributed by atoms with Crippen molar-refractivity contribution < 1.29 is 23.1 Å². The molecule has 1 saturated heterocycles. The Morgan fingerprint density at radius 2 is 1.93 bits per heavy atom. The summed E-state index contributed by atoms with van der Waals surface area (Å²) < 4.78 is 31.7. The highest BCUT2D eigenvalue weighted by molar-refractivity contribution is 7.91. The predicted molar refractivity (Wildman–Crippen MR) is 106 cm³/mol. The molecule has 1 N–H and O–H groups in total. The lowest BCUT2D eigenvalue weighted by molar-refractivity contribution is -0.101. The minimum absolute atomic E-state index is 0.0800. The van der Waals surface area contributed by atoms with E-state index in [4.69, 9.17) is 9.57 Å². The molecule has 1 heterocycles. The predicted octanol–water partition coefficient (Wildman–Crippen LogP) is 3.28. The van der Waals surface area contributed by atoms with Crippen molar-refractivity contribution in [3.63, 3.8) is 0 Å². The van der Waals surface area contributed by atoms with Gasteiger partial charge in [0.05, 0.1) is 33.8 Å². The summed E-state index contributed by atoms with van der Waals surface area (Å²) in [7, 11) is -2.25. The highest BCUT2D eigenvalue weighted by Crippen LogP contribution is 2.36. The Kier molecular flexibility index (Phi) is 5.88. The van der Waals surface area contributed by atoms with Gasteiger partial charge in [0.2, 0.25) is 9.84 Å². The zero-order chi connectivity index (χ0) is 20.4. The SMILES string of the molecule is CON=C(C)c1ccc(S(=O)(=O)c2cccc([C@]3(O)CCOC(C)C3)c2)cc1. The van der Waals surface area contributed by atoms with Crippen molar-refractivity contribution in [1.82, 2.24) is 0 Å². The number of rotatable bonds is 5. The van der Waals surface area contributed by atoms with Crippen molar-refractivity contribution >= 4 is 15.5 Å². The van der Waals surface area contributed by atoms with Crippen LogP contribution in [-0.4, -0.2) is 39.1 Å². The zero-order valence-corrected chi connectivity index (χ0v) is 17.1. The summed E-state index contributed by atoms with van der Waals surface area (Å²) in [4.78, 5) is 5.10. The summed E-state index contributed by atoms with van der Waals surface area (Å²) in [6.45, 7) is 4.13. The van der Waals surface area contributed by atoms with Crippen molar-refractivity contribution in [2.75, 3.05) is 13.7 Å². The van der Waals surface area contributed by atoms with Crippen LogP contribution in [-0.2, 0) is 25.0 Å². The monoisotopic (exact) mass is 403 g/mol. The average Bonchev–Trinajstić information content (AvgIpc) is 2.68. The molecule has 28 heavy (non-hydrogen) atoms. The lowest BCUT2D eigenvalue weighted by atomic mass is 9.84. The van der Waals surface area contributed by atoms with Crippen LogP contribution in [0.5, 0.6) is 0 Å². The van der Waals surface area contributed by atoms with E-state index >= 15 is 0 Å². The number of ether oxygens (including phenoxy) is 1. The number of hydrogen-bond acceptors (Lipinski definition) is 6. The number of nitrogens with zero attached hydrogens (tertiary/aromatic N) is 1. The summed E-state index contributed by atoms with van der Waals surface area (Å²) in [5.74, 6) is 0. The molecule has 1 unspecified atom stereocenters. The van der Waals surface area contributed by atoms with Crippen LogP contribution in [0.4, 0.5) is 0 Å². The Labute approximate surface area is 165 Å². The first-order chi connectivity index (χ1) is 13.3.